The van der Waals surface area contributed by atoms with Crippen molar-refractivity contribution in [2.24, 2.45) is 0 Å². The molecule has 0 saturated carbocycles. The summed E-state index contributed by atoms with van der Waals surface area (Å²) in [5.74, 6) is -0.120. The van der Waals surface area contributed by atoms with Gasteiger partial charge in [0.2, 0.25) is 0 Å². The molecule has 7 nitrogen and oxygen atoms in total. The number of rotatable bonds is 5. The smallest absolute Gasteiger partial charge is 0.348 e. The SMILES string of the molecule is CCOC(=O)c1sc2nc(C=Cc3c(C)nn(-c4cccc(Cl)c4)c3Cl)[nH]c(=O)c2c1C. The average Bonchev–Trinajstić information content (AvgIpc) is 3.23. The molecular weight excluding hydrogens is 471 g/mol. The van der Waals surface area contributed by atoms with E-state index in [1.165, 1.54) is 0 Å². The molecule has 0 atom stereocenters. The summed E-state index contributed by atoms with van der Waals surface area (Å²) in [5.41, 5.74) is 2.36. The number of esters is 1. The van der Waals surface area contributed by atoms with Gasteiger partial charge in [-0.25, -0.2) is 14.5 Å². The summed E-state index contributed by atoms with van der Waals surface area (Å²) >= 11 is 13.8. The maximum absolute atomic E-state index is 12.7. The van der Waals surface area contributed by atoms with Crippen molar-refractivity contribution in [2.75, 3.05) is 6.61 Å². The third-order valence-electron chi connectivity index (χ3n) is 4.79. The summed E-state index contributed by atoms with van der Waals surface area (Å²) in [6, 6.07) is 7.21. The fourth-order valence-electron chi connectivity index (χ4n) is 3.27. The zero-order valence-electron chi connectivity index (χ0n) is 17.4. The van der Waals surface area contributed by atoms with E-state index in [2.05, 4.69) is 15.1 Å². The van der Waals surface area contributed by atoms with E-state index >= 15 is 0 Å². The molecule has 0 fully saturated rings. The van der Waals surface area contributed by atoms with Gasteiger partial charge in [-0.3, -0.25) is 4.79 Å². The van der Waals surface area contributed by atoms with E-state index in [4.69, 9.17) is 27.9 Å². The summed E-state index contributed by atoms with van der Waals surface area (Å²) in [4.78, 5) is 32.9. The van der Waals surface area contributed by atoms with E-state index in [-0.39, 0.29) is 12.2 Å². The predicted octanol–water partition coefficient (Wildman–Crippen LogP) is 5.44. The highest BCUT2D eigenvalue weighted by Crippen LogP contribution is 2.29. The van der Waals surface area contributed by atoms with Crippen LogP contribution in [-0.4, -0.2) is 32.3 Å². The standard InChI is InChI=1S/C22H18Cl2N4O3S/c1-4-31-22(30)18-11(2)17-20(29)25-16(26-21(17)32-18)9-8-15-12(3)27-28(19(15)24)14-7-5-6-13(23)10-14/h5-10H,4H2,1-3H3,(H,25,26,29). The average molecular weight is 489 g/mol. The molecule has 0 aliphatic carbocycles. The van der Waals surface area contributed by atoms with Crippen molar-refractivity contribution in [2.45, 2.75) is 20.8 Å². The van der Waals surface area contributed by atoms with Gasteiger partial charge in [0.1, 0.15) is 20.7 Å². The van der Waals surface area contributed by atoms with Gasteiger partial charge < -0.3 is 9.72 Å². The minimum atomic E-state index is -0.458. The number of halogens is 2. The van der Waals surface area contributed by atoms with Crippen molar-refractivity contribution in [3.8, 4) is 5.69 Å². The molecule has 10 heteroatoms. The maximum Gasteiger partial charge on any atom is 0.348 e. The fraction of sp³-hybridized carbons (Fsp3) is 0.182. The number of carbonyl (C=O) groups excluding carboxylic acids is 1. The molecular formula is C22H18Cl2N4O3S. The quantitative estimate of drug-likeness (QED) is 0.377. The minimum Gasteiger partial charge on any atom is -0.462 e. The number of carbonyl (C=O) groups is 1. The number of nitrogens with zero attached hydrogens (tertiary/aromatic N) is 3. The molecule has 164 valence electrons. The molecule has 32 heavy (non-hydrogen) atoms. The van der Waals surface area contributed by atoms with Crippen LogP contribution in [0.1, 0.15) is 39.2 Å². The largest absolute Gasteiger partial charge is 0.462 e. The molecule has 0 unspecified atom stereocenters. The molecule has 0 radical (unpaired) electrons. The zero-order valence-corrected chi connectivity index (χ0v) is 19.7. The lowest BCUT2D eigenvalue weighted by molar-refractivity contribution is 0.0531. The van der Waals surface area contributed by atoms with Crippen LogP contribution in [0, 0.1) is 13.8 Å². The van der Waals surface area contributed by atoms with Crippen LogP contribution in [0.3, 0.4) is 0 Å². The van der Waals surface area contributed by atoms with Crippen LogP contribution in [0.4, 0.5) is 0 Å². The summed E-state index contributed by atoms with van der Waals surface area (Å²) in [6.07, 6.45) is 3.39. The highest BCUT2D eigenvalue weighted by atomic mass is 35.5. The second-order valence-corrected chi connectivity index (χ2v) is 8.72. The number of thiophene rings is 1. The van der Waals surface area contributed by atoms with Crippen LogP contribution in [0.15, 0.2) is 29.1 Å². The molecule has 1 N–H and O–H groups in total. The lowest BCUT2D eigenvalue weighted by atomic mass is 10.2. The first-order valence-corrected chi connectivity index (χ1v) is 11.3. The van der Waals surface area contributed by atoms with Crippen LogP contribution in [0.25, 0.3) is 28.1 Å². The Morgan fingerprint density at radius 3 is 2.78 bits per heavy atom. The number of nitrogens with one attached hydrogen (secondary N) is 1. The molecule has 0 aliphatic rings. The predicted molar refractivity (Wildman–Crippen MR) is 128 cm³/mol. The number of aromatic nitrogens is 4. The summed E-state index contributed by atoms with van der Waals surface area (Å²) in [7, 11) is 0. The number of H-pyrrole nitrogens is 1. The van der Waals surface area contributed by atoms with Gasteiger partial charge in [0.05, 0.1) is 23.4 Å². The van der Waals surface area contributed by atoms with Crippen molar-refractivity contribution in [1.29, 1.82) is 0 Å². The van der Waals surface area contributed by atoms with Crippen LogP contribution >= 0.6 is 34.5 Å². The second kappa shape index (κ2) is 8.90. The summed E-state index contributed by atoms with van der Waals surface area (Å²) in [6.45, 7) is 5.54. The third-order valence-corrected chi connectivity index (χ3v) is 6.55. The highest BCUT2D eigenvalue weighted by Gasteiger charge is 2.20. The first-order chi connectivity index (χ1) is 15.3. The lowest BCUT2D eigenvalue weighted by Gasteiger charge is -2.03. The molecule has 3 aromatic heterocycles. The van der Waals surface area contributed by atoms with Gasteiger partial charge in [-0.15, -0.1) is 11.3 Å². The molecule has 0 spiro atoms. The van der Waals surface area contributed by atoms with Gasteiger partial charge in [-0.05, 0) is 56.7 Å². The summed E-state index contributed by atoms with van der Waals surface area (Å²) < 4.78 is 6.66. The number of fused-ring (bicyclic) bond motifs is 1. The number of hydrogen-bond donors (Lipinski definition) is 1. The van der Waals surface area contributed by atoms with Crippen LogP contribution in [0.2, 0.25) is 10.2 Å². The third kappa shape index (κ3) is 4.09. The Labute approximate surface area is 197 Å². The molecule has 0 amide bonds. The number of hydrogen-bond acceptors (Lipinski definition) is 6. The van der Waals surface area contributed by atoms with Crippen molar-refractivity contribution < 1.29 is 9.53 Å². The first-order valence-electron chi connectivity index (χ1n) is 9.69. The van der Waals surface area contributed by atoms with Gasteiger partial charge in [-0.2, -0.15) is 5.10 Å². The lowest BCUT2D eigenvalue weighted by Crippen LogP contribution is -2.10. The molecule has 0 saturated heterocycles. The second-order valence-electron chi connectivity index (χ2n) is 6.92. The first kappa shape index (κ1) is 22.3. The van der Waals surface area contributed by atoms with Crippen LogP contribution in [-0.2, 0) is 4.74 Å². The minimum absolute atomic E-state index is 0.257. The molecule has 4 rings (SSSR count). The van der Waals surface area contributed by atoms with Crippen LogP contribution in [0.5, 0.6) is 0 Å². The number of ether oxygens (including phenoxy) is 1. The Kier molecular flexibility index (Phi) is 6.19. The molecule has 3 heterocycles. The van der Waals surface area contributed by atoms with E-state index in [0.29, 0.717) is 47.9 Å². The van der Waals surface area contributed by atoms with Crippen molar-refractivity contribution >= 4 is 62.9 Å². The Balaban J connectivity index is 1.72. The topological polar surface area (TPSA) is 89.9 Å². The van der Waals surface area contributed by atoms with Crippen molar-refractivity contribution in [3.05, 3.63) is 72.3 Å². The molecule has 0 aliphatic heterocycles. The fourth-order valence-corrected chi connectivity index (χ4v) is 4.87. The zero-order chi connectivity index (χ0) is 23.0. The number of benzene rings is 1. The van der Waals surface area contributed by atoms with E-state index in [9.17, 15) is 9.59 Å². The van der Waals surface area contributed by atoms with Crippen molar-refractivity contribution in [1.82, 2.24) is 19.7 Å². The van der Waals surface area contributed by atoms with E-state index in [1.807, 2.05) is 19.1 Å². The Bertz CT molecular complexity index is 1440. The molecule has 1 aromatic carbocycles. The molecule has 0 bridgehead atoms. The van der Waals surface area contributed by atoms with Gasteiger partial charge in [0.25, 0.3) is 5.56 Å². The Hall–Kier alpha value is -2.94. The Morgan fingerprint density at radius 1 is 1.28 bits per heavy atom. The van der Waals surface area contributed by atoms with Gasteiger partial charge in [-0.1, -0.05) is 29.3 Å². The van der Waals surface area contributed by atoms with E-state index in [0.717, 1.165) is 17.0 Å². The summed E-state index contributed by atoms with van der Waals surface area (Å²) in [5, 5.41) is 5.85. The molecule has 4 aromatic rings. The highest BCUT2D eigenvalue weighted by molar-refractivity contribution is 7.20. The van der Waals surface area contributed by atoms with Crippen molar-refractivity contribution in [3.63, 3.8) is 0 Å². The Morgan fingerprint density at radius 2 is 2.06 bits per heavy atom. The van der Waals surface area contributed by atoms with Crippen LogP contribution < -0.4 is 5.56 Å². The monoisotopic (exact) mass is 488 g/mol. The van der Waals surface area contributed by atoms with Gasteiger partial charge in [0.15, 0.2) is 0 Å². The number of aromatic amines is 1. The van der Waals surface area contributed by atoms with E-state index in [1.54, 1.807) is 42.8 Å². The number of aryl methyl sites for hydroxylation is 2. The van der Waals surface area contributed by atoms with E-state index < -0.39 is 5.97 Å². The maximum atomic E-state index is 12.7. The normalized spacial score (nSPS) is 11.5. The van der Waals surface area contributed by atoms with Gasteiger partial charge >= 0.3 is 5.97 Å². The van der Waals surface area contributed by atoms with Gasteiger partial charge in [0, 0.05) is 10.6 Å².